The van der Waals surface area contributed by atoms with Crippen LogP contribution in [0, 0.1) is 6.92 Å². The summed E-state index contributed by atoms with van der Waals surface area (Å²) in [4.78, 5) is 0.391. The van der Waals surface area contributed by atoms with E-state index in [2.05, 4.69) is 21.2 Å². The predicted molar refractivity (Wildman–Crippen MR) is 79.7 cm³/mol. The van der Waals surface area contributed by atoms with Crippen LogP contribution in [-0.2, 0) is 10.0 Å². The molecule has 1 heterocycles. The lowest BCUT2D eigenvalue weighted by Gasteiger charge is -2.38. The highest BCUT2D eigenvalue weighted by molar-refractivity contribution is 9.10. The van der Waals surface area contributed by atoms with Crippen molar-refractivity contribution in [2.24, 2.45) is 0 Å². The van der Waals surface area contributed by atoms with Gasteiger partial charge in [0.05, 0.1) is 4.90 Å². The average Bonchev–Trinajstić information content (AvgIpc) is 2.31. The minimum Gasteiger partial charge on any atom is -0.314 e. The molecule has 2 unspecified atom stereocenters. The number of aryl methyl sites for hydroxylation is 1. The van der Waals surface area contributed by atoms with Crippen molar-refractivity contribution in [2.45, 2.75) is 37.8 Å². The van der Waals surface area contributed by atoms with Crippen molar-refractivity contribution in [3.05, 3.63) is 28.2 Å². The van der Waals surface area contributed by atoms with Gasteiger partial charge in [0, 0.05) is 29.6 Å². The lowest BCUT2D eigenvalue weighted by atomic mass is 10.2. The van der Waals surface area contributed by atoms with Crippen LogP contribution in [0.4, 0.5) is 0 Å². The Kier molecular flexibility index (Phi) is 4.35. The quantitative estimate of drug-likeness (QED) is 0.892. The molecule has 0 saturated carbocycles. The summed E-state index contributed by atoms with van der Waals surface area (Å²) >= 11 is 3.35. The number of sulfonamides is 1. The van der Waals surface area contributed by atoms with Crippen LogP contribution in [0.15, 0.2) is 27.6 Å². The van der Waals surface area contributed by atoms with Crippen LogP contribution in [0.1, 0.15) is 19.4 Å². The molecule has 1 N–H and O–H groups in total. The van der Waals surface area contributed by atoms with E-state index in [0.717, 1.165) is 10.0 Å². The third-order valence-corrected chi connectivity index (χ3v) is 6.22. The van der Waals surface area contributed by atoms with Crippen molar-refractivity contribution in [2.75, 3.05) is 13.1 Å². The normalized spacial score (nSPS) is 25.5. The van der Waals surface area contributed by atoms with E-state index in [-0.39, 0.29) is 12.1 Å². The van der Waals surface area contributed by atoms with Crippen LogP contribution in [0.3, 0.4) is 0 Å². The molecular formula is C13H19BrN2O2S. The smallest absolute Gasteiger partial charge is 0.243 e. The maximum absolute atomic E-state index is 12.9. The van der Waals surface area contributed by atoms with E-state index >= 15 is 0 Å². The van der Waals surface area contributed by atoms with E-state index in [1.807, 2.05) is 32.9 Å². The monoisotopic (exact) mass is 346 g/mol. The molecule has 0 aromatic heterocycles. The van der Waals surface area contributed by atoms with Crippen LogP contribution < -0.4 is 5.32 Å². The van der Waals surface area contributed by atoms with Crippen molar-refractivity contribution in [1.82, 2.24) is 9.62 Å². The molecule has 0 bridgehead atoms. The van der Waals surface area contributed by atoms with Gasteiger partial charge in [-0.25, -0.2) is 8.42 Å². The molecule has 2 rings (SSSR count). The first-order valence-corrected chi connectivity index (χ1v) is 8.57. The second kappa shape index (κ2) is 5.52. The highest BCUT2D eigenvalue weighted by Crippen LogP contribution is 2.27. The molecule has 0 radical (unpaired) electrons. The van der Waals surface area contributed by atoms with Gasteiger partial charge in [0.1, 0.15) is 0 Å². The zero-order valence-electron chi connectivity index (χ0n) is 11.4. The van der Waals surface area contributed by atoms with E-state index in [0.29, 0.717) is 18.0 Å². The highest BCUT2D eigenvalue weighted by Gasteiger charge is 2.36. The van der Waals surface area contributed by atoms with Crippen LogP contribution in [-0.4, -0.2) is 37.9 Å². The maximum atomic E-state index is 12.9. The lowest BCUT2D eigenvalue weighted by Crippen LogP contribution is -2.57. The van der Waals surface area contributed by atoms with E-state index in [4.69, 9.17) is 0 Å². The largest absolute Gasteiger partial charge is 0.314 e. The molecule has 106 valence electrons. The van der Waals surface area contributed by atoms with Gasteiger partial charge >= 0.3 is 0 Å². The molecule has 1 saturated heterocycles. The van der Waals surface area contributed by atoms with E-state index in [1.54, 1.807) is 10.4 Å². The molecule has 6 heteroatoms. The number of hydrogen-bond donors (Lipinski definition) is 1. The van der Waals surface area contributed by atoms with Crippen molar-refractivity contribution >= 4 is 26.0 Å². The molecule has 1 aliphatic heterocycles. The molecule has 1 aromatic rings. The summed E-state index contributed by atoms with van der Waals surface area (Å²) in [6.45, 7) is 7.09. The summed E-state index contributed by atoms with van der Waals surface area (Å²) in [5.74, 6) is 0. The SMILES string of the molecule is Cc1ccc(Br)cc1S(=O)(=O)N1C(C)CNCC1C. The first kappa shape index (κ1) is 15.0. The number of piperazine rings is 1. The van der Waals surface area contributed by atoms with Gasteiger partial charge in [-0.15, -0.1) is 0 Å². The third-order valence-electron chi connectivity index (χ3n) is 3.45. The molecule has 1 aromatic carbocycles. The number of benzene rings is 1. The molecule has 1 aliphatic rings. The van der Waals surface area contributed by atoms with Gasteiger partial charge in [-0.05, 0) is 38.5 Å². The first-order valence-electron chi connectivity index (χ1n) is 6.34. The van der Waals surface area contributed by atoms with Crippen LogP contribution in [0.2, 0.25) is 0 Å². The molecule has 0 aliphatic carbocycles. The molecule has 4 nitrogen and oxygen atoms in total. The van der Waals surface area contributed by atoms with Gasteiger partial charge in [-0.3, -0.25) is 0 Å². The topological polar surface area (TPSA) is 49.4 Å². The minimum atomic E-state index is -3.45. The summed E-state index contributed by atoms with van der Waals surface area (Å²) < 4.78 is 28.1. The van der Waals surface area contributed by atoms with Gasteiger partial charge < -0.3 is 5.32 Å². The Morgan fingerprint density at radius 2 is 1.84 bits per heavy atom. The van der Waals surface area contributed by atoms with Crippen LogP contribution in [0.25, 0.3) is 0 Å². The summed E-state index contributed by atoms with van der Waals surface area (Å²) in [5, 5.41) is 3.25. The standard InChI is InChI=1S/C13H19BrN2O2S/c1-9-4-5-12(14)6-13(9)19(17,18)16-10(2)7-15-8-11(16)3/h4-6,10-11,15H,7-8H2,1-3H3. The fraction of sp³-hybridized carbons (Fsp3) is 0.538. The number of halogens is 1. The number of rotatable bonds is 2. The first-order chi connectivity index (χ1) is 8.84. The summed E-state index contributed by atoms with van der Waals surface area (Å²) in [7, 11) is -3.45. The molecular weight excluding hydrogens is 328 g/mol. The second-order valence-corrected chi connectivity index (χ2v) is 7.83. The average molecular weight is 347 g/mol. The highest BCUT2D eigenvalue weighted by atomic mass is 79.9. The third kappa shape index (κ3) is 2.86. The van der Waals surface area contributed by atoms with E-state index in [9.17, 15) is 8.42 Å². The Labute approximate surface area is 123 Å². The van der Waals surface area contributed by atoms with Gasteiger partial charge in [0.25, 0.3) is 0 Å². The number of hydrogen-bond acceptors (Lipinski definition) is 3. The Balaban J connectivity index is 2.49. The molecule has 0 amide bonds. The van der Waals surface area contributed by atoms with Crippen molar-refractivity contribution in [3.63, 3.8) is 0 Å². The predicted octanol–water partition coefficient (Wildman–Crippen LogP) is 2.13. The van der Waals surface area contributed by atoms with Gasteiger partial charge in [-0.2, -0.15) is 4.31 Å². The van der Waals surface area contributed by atoms with Crippen molar-refractivity contribution in [1.29, 1.82) is 0 Å². The van der Waals surface area contributed by atoms with Gasteiger partial charge in [0.2, 0.25) is 10.0 Å². The second-order valence-electron chi connectivity index (χ2n) is 5.10. The van der Waals surface area contributed by atoms with Crippen LogP contribution in [0.5, 0.6) is 0 Å². The Morgan fingerprint density at radius 3 is 2.42 bits per heavy atom. The van der Waals surface area contributed by atoms with Crippen molar-refractivity contribution < 1.29 is 8.42 Å². The number of nitrogens with one attached hydrogen (secondary N) is 1. The van der Waals surface area contributed by atoms with E-state index in [1.165, 1.54) is 0 Å². The zero-order valence-corrected chi connectivity index (χ0v) is 13.8. The lowest BCUT2D eigenvalue weighted by molar-refractivity contribution is 0.220. The molecule has 0 spiro atoms. The minimum absolute atomic E-state index is 0.0351. The summed E-state index contributed by atoms with van der Waals surface area (Å²) in [6, 6.07) is 5.30. The molecule has 1 fully saturated rings. The maximum Gasteiger partial charge on any atom is 0.243 e. The zero-order chi connectivity index (χ0) is 14.2. The Hall–Kier alpha value is -0.430. The summed E-state index contributed by atoms with van der Waals surface area (Å²) in [6.07, 6.45) is 0. The fourth-order valence-corrected chi connectivity index (χ4v) is 5.14. The Bertz CT molecular complexity index is 564. The van der Waals surface area contributed by atoms with Crippen molar-refractivity contribution in [3.8, 4) is 0 Å². The summed E-state index contributed by atoms with van der Waals surface area (Å²) in [5.41, 5.74) is 0.779. The van der Waals surface area contributed by atoms with Gasteiger partial charge in [0.15, 0.2) is 0 Å². The van der Waals surface area contributed by atoms with Gasteiger partial charge in [-0.1, -0.05) is 22.0 Å². The fourth-order valence-electron chi connectivity index (χ4n) is 2.55. The van der Waals surface area contributed by atoms with Crippen LogP contribution >= 0.6 is 15.9 Å². The number of nitrogens with zero attached hydrogens (tertiary/aromatic N) is 1. The molecule has 2 atom stereocenters. The Morgan fingerprint density at radius 1 is 1.26 bits per heavy atom. The van der Waals surface area contributed by atoms with E-state index < -0.39 is 10.0 Å². The molecule has 19 heavy (non-hydrogen) atoms.